The van der Waals surface area contributed by atoms with Crippen LogP contribution in [-0.2, 0) is 0 Å². The van der Waals surface area contributed by atoms with Crippen molar-refractivity contribution in [2.75, 3.05) is 0 Å². The minimum Gasteiger partial charge on any atom is -0.118 e. The van der Waals surface area contributed by atoms with E-state index in [-0.39, 0.29) is 10.3 Å². The first-order valence-corrected chi connectivity index (χ1v) is 7.21. The Labute approximate surface area is 113 Å². The molecule has 0 spiro atoms. The Balaban J connectivity index is 2.89. The molecular weight excluding hydrogens is 351 g/mol. The van der Waals surface area contributed by atoms with E-state index in [1.807, 2.05) is 6.08 Å². The van der Waals surface area contributed by atoms with Crippen LogP contribution in [0.25, 0.3) is 0 Å². The summed E-state index contributed by atoms with van der Waals surface area (Å²) >= 11 is 19.5. The zero-order valence-electron chi connectivity index (χ0n) is 8.24. The second kappa shape index (κ2) is 4.65. The van der Waals surface area contributed by atoms with Gasteiger partial charge in [0.2, 0.25) is 0 Å². The molecule has 0 bridgehead atoms. The maximum atomic E-state index is 6.46. The van der Waals surface area contributed by atoms with Gasteiger partial charge in [0.1, 0.15) is 0 Å². The van der Waals surface area contributed by atoms with E-state index in [0.29, 0.717) is 9.65 Å². The fourth-order valence-corrected chi connectivity index (χ4v) is 4.36. The molecule has 82 valence electrons. The Morgan fingerprint density at radius 2 is 1.86 bits per heavy atom. The van der Waals surface area contributed by atoms with Crippen molar-refractivity contribution in [3.8, 4) is 0 Å². The van der Waals surface area contributed by atoms with E-state index in [1.54, 1.807) is 5.54 Å². The summed E-state index contributed by atoms with van der Waals surface area (Å²) in [5.74, 6) is 0. The summed E-state index contributed by atoms with van der Waals surface area (Å²) in [5, 5.41) is 0. The quantitative estimate of drug-likeness (QED) is 0.570. The smallest absolute Gasteiger partial charge is 0.0552 e. The van der Waals surface area contributed by atoms with Gasteiger partial charge in [0.05, 0.1) is 4.87 Å². The van der Waals surface area contributed by atoms with Gasteiger partial charge in [0.15, 0.2) is 0 Å². The number of hydrogen-bond acceptors (Lipinski definition) is 0. The summed E-state index contributed by atoms with van der Waals surface area (Å²) in [6.07, 6.45) is 3.96. The van der Waals surface area contributed by atoms with E-state index in [1.165, 1.54) is 0 Å². The SMILES string of the molecule is CC1(Cl)CC(C)(/C=C/Cl)C(Br)CC1Br. The fourth-order valence-electron chi connectivity index (χ4n) is 1.97. The zero-order valence-corrected chi connectivity index (χ0v) is 12.9. The first-order chi connectivity index (χ1) is 6.32. The second-order valence-electron chi connectivity index (χ2n) is 4.42. The lowest BCUT2D eigenvalue weighted by atomic mass is 9.71. The van der Waals surface area contributed by atoms with Crippen LogP contribution in [0.5, 0.6) is 0 Å². The summed E-state index contributed by atoms with van der Waals surface area (Å²) in [5.41, 5.74) is 1.64. The highest BCUT2D eigenvalue weighted by Crippen LogP contribution is 2.51. The minimum absolute atomic E-state index is 0.0442. The van der Waals surface area contributed by atoms with Crippen molar-refractivity contribution in [2.24, 2.45) is 5.41 Å². The van der Waals surface area contributed by atoms with E-state index in [4.69, 9.17) is 23.2 Å². The van der Waals surface area contributed by atoms with E-state index in [0.717, 1.165) is 12.8 Å². The predicted octanol–water partition coefficient (Wildman–Crippen LogP) is 5.06. The van der Waals surface area contributed by atoms with Crippen molar-refractivity contribution in [1.82, 2.24) is 0 Å². The first kappa shape index (κ1) is 13.3. The third-order valence-electron chi connectivity index (χ3n) is 2.95. The van der Waals surface area contributed by atoms with Crippen LogP contribution in [0, 0.1) is 5.41 Å². The van der Waals surface area contributed by atoms with Crippen molar-refractivity contribution in [1.29, 1.82) is 0 Å². The summed E-state index contributed by atoms with van der Waals surface area (Å²) in [4.78, 5) is 0.564. The third kappa shape index (κ3) is 2.69. The lowest BCUT2D eigenvalue weighted by Gasteiger charge is -2.46. The second-order valence-corrected chi connectivity index (χ2v) is 7.75. The molecule has 1 rings (SSSR count). The lowest BCUT2D eigenvalue weighted by Crippen LogP contribution is -2.46. The molecule has 0 aromatic rings. The van der Waals surface area contributed by atoms with Gasteiger partial charge >= 0.3 is 0 Å². The highest BCUT2D eigenvalue weighted by atomic mass is 79.9. The number of hydrogen-bond donors (Lipinski definition) is 0. The van der Waals surface area contributed by atoms with Gasteiger partial charge in [-0.3, -0.25) is 0 Å². The summed E-state index contributed by atoms with van der Waals surface area (Å²) in [6.45, 7) is 4.26. The van der Waals surface area contributed by atoms with Gasteiger partial charge in [-0.25, -0.2) is 0 Å². The Hall–Kier alpha value is 1.28. The molecule has 0 nitrogen and oxygen atoms in total. The van der Waals surface area contributed by atoms with Gasteiger partial charge in [-0.05, 0) is 19.8 Å². The maximum absolute atomic E-state index is 6.46. The molecule has 0 saturated heterocycles. The van der Waals surface area contributed by atoms with Crippen LogP contribution in [0.3, 0.4) is 0 Å². The molecule has 0 aromatic heterocycles. The molecule has 4 unspecified atom stereocenters. The molecule has 0 heterocycles. The van der Waals surface area contributed by atoms with Crippen molar-refractivity contribution < 1.29 is 0 Å². The Morgan fingerprint density at radius 1 is 1.29 bits per heavy atom. The highest BCUT2D eigenvalue weighted by molar-refractivity contribution is 9.10. The van der Waals surface area contributed by atoms with Crippen LogP contribution in [0.15, 0.2) is 11.6 Å². The number of halogens is 4. The largest absolute Gasteiger partial charge is 0.118 e. The molecule has 0 aliphatic heterocycles. The van der Waals surface area contributed by atoms with Gasteiger partial charge < -0.3 is 0 Å². The summed E-state index contributed by atoms with van der Waals surface area (Å²) < 4.78 is 0. The molecule has 0 radical (unpaired) electrons. The number of rotatable bonds is 1. The Kier molecular flexibility index (Phi) is 4.43. The van der Waals surface area contributed by atoms with Crippen LogP contribution in [0.1, 0.15) is 26.7 Å². The molecule has 1 aliphatic rings. The molecule has 4 atom stereocenters. The topological polar surface area (TPSA) is 0 Å². The zero-order chi connectivity index (χ0) is 11.0. The van der Waals surface area contributed by atoms with E-state index >= 15 is 0 Å². The van der Waals surface area contributed by atoms with Crippen LogP contribution < -0.4 is 0 Å². The lowest BCUT2D eigenvalue weighted by molar-refractivity contribution is 0.265. The third-order valence-corrected chi connectivity index (χ3v) is 6.54. The van der Waals surface area contributed by atoms with Gasteiger partial charge in [-0.2, -0.15) is 0 Å². The molecule has 4 heteroatoms. The molecule has 0 N–H and O–H groups in total. The molecule has 1 fully saturated rings. The number of alkyl halides is 3. The summed E-state index contributed by atoms with van der Waals surface area (Å²) in [6, 6.07) is 0. The van der Waals surface area contributed by atoms with E-state index in [2.05, 4.69) is 45.7 Å². The van der Waals surface area contributed by atoms with Crippen molar-refractivity contribution in [3.63, 3.8) is 0 Å². The van der Waals surface area contributed by atoms with Crippen molar-refractivity contribution in [3.05, 3.63) is 11.6 Å². The predicted molar refractivity (Wildman–Crippen MR) is 72.0 cm³/mol. The Bertz CT molecular complexity index is 240. The van der Waals surface area contributed by atoms with Gasteiger partial charge in [-0.15, -0.1) is 11.6 Å². The maximum Gasteiger partial charge on any atom is 0.0552 e. The molecule has 0 amide bonds. The van der Waals surface area contributed by atoms with Crippen LogP contribution >= 0.6 is 55.1 Å². The monoisotopic (exact) mass is 362 g/mol. The van der Waals surface area contributed by atoms with Crippen LogP contribution in [0.2, 0.25) is 0 Å². The van der Waals surface area contributed by atoms with Crippen LogP contribution in [0.4, 0.5) is 0 Å². The average Bonchev–Trinajstić information content (AvgIpc) is 2.01. The molecule has 1 saturated carbocycles. The first-order valence-electron chi connectivity index (χ1n) is 4.57. The van der Waals surface area contributed by atoms with E-state index < -0.39 is 0 Å². The molecule has 0 aromatic carbocycles. The molecular formula is C10H14Br2Cl2. The van der Waals surface area contributed by atoms with Crippen molar-refractivity contribution >= 4 is 55.1 Å². The van der Waals surface area contributed by atoms with Gasteiger partial charge in [0, 0.05) is 20.6 Å². The Morgan fingerprint density at radius 3 is 2.36 bits per heavy atom. The fraction of sp³-hybridized carbons (Fsp3) is 0.800. The molecule has 1 aliphatic carbocycles. The average molecular weight is 365 g/mol. The van der Waals surface area contributed by atoms with Gasteiger partial charge in [0.25, 0.3) is 0 Å². The van der Waals surface area contributed by atoms with Crippen molar-refractivity contribution in [2.45, 2.75) is 41.2 Å². The highest BCUT2D eigenvalue weighted by Gasteiger charge is 2.47. The molecule has 14 heavy (non-hydrogen) atoms. The van der Waals surface area contributed by atoms with Crippen LogP contribution in [-0.4, -0.2) is 14.5 Å². The van der Waals surface area contributed by atoms with E-state index in [9.17, 15) is 0 Å². The normalized spacial score (nSPS) is 49.9. The van der Waals surface area contributed by atoms with Gasteiger partial charge in [-0.1, -0.05) is 56.5 Å². The number of allylic oxidation sites excluding steroid dienone is 1. The minimum atomic E-state index is -0.199. The summed E-state index contributed by atoms with van der Waals surface area (Å²) in [7, 11) is 0. The standard InChI is InChI=1S/C10H14Br2Cl2/c1-9(3-4-13)6-10(2,14)8(12)5-7(9)11/h3-4,7-8H,5-6H2,1-2H3/b4-3+.